The molecule has 46 heavy (non-hydrogen) atoms. The third-order valence-electron chi connectivity index (χ3n) is 8.28. The van der Waals surface area contributed by atoms with Crippen LogP contribution in [0.3, 0.4) is 0 Å². The number of likely N-dealkylation sites (N-methyl/N-ethyl adjacent to an activating group) is 1. The van der Waals surface area contributed by atoms with Crippen LogP contribution in [0.2, 0.25) is 0 Å². The van der Waals surface area contributed by atoms with Crippen LogP contribution >= 0.6 is 7.82 Å². The van der Waals surface area contributed by atoms with Gasteiger partial charge < -0.3 is 54.2 Å². The van der Waals surface area contributed by atoms with Gasteiger partial charge in [-0.05, 0) is 81.8 Å². The lowest BCUT2D eigenvalue weighted by Gasteiger charge is -2.39. The molecule has 0 saturated carbocycles. The van der Waals surface area contributed by atoms with Crippen LogP contribution in [0.25, 0.3) is 21.8 Å². The Labute approximate surface area is 266 Å². The Hall–Kier alpha value is -3.01. The molecule has 0 aliphatic carbocycles. The van der Waals surface area contributed by atoms with Crippen molar-refractivity contribution in [3.8, 4) is 11.5 Å². The summed E-state index contributed by atoms with van der Waals surface area (Å²) in [4.78, 5) is 28.8. The smallest absolute Gasteiger partial charge is 0.461 e. The molecule has 2 saturated heterocycles. The highest BCUT2D eigenvalue weighted by molar-refractivity contribution is 7.46. The summed E-state index contributed by atoms with van der Waals surface area (Å²) in [5.41, 5.74) is 3.81. The van der Waals surface area contributed by atoms with E-state index in [0.29, 0.717) is 5.75 Å². The standard InChI is InChI=1S/C18H26N2O6.C13H17N2O4P/c1-20(2)7-6-10-8-19-11-4-3-5-12(14(10)11)25-18-17(24)16(23)15(22)13(9-21)26-18;16-20(17,18)19-12-4-1-3-11-13(12)10(9-14-11)5-8-15-6-2-7-15/h3-5,8,13,15-19,21-24H,6-7,9H2,1-2H3;1,3-4,9,14H,2,5-8H2,(H2,16,17,18). The number of fused-ring (bicyclic) bond motifs is 2. The average Bonchev–Trinajstić information content (AvgIpc) is 3.60. The Bertz CT molecular complexity index is 1630. The molecular weight excluding hydrogens is 619 g/mol. The predicted molar refractivity (Wildman–Crippen MR) is 171 cm³/mol. The molecule has 0 bridgehead atoms. The number of ether oxygens (including phenoxy) is 2. The van der Waals surface area contributed by atoms with Gasteiger partial charge in [0.1, 0.15) is 35.9 Å². The molecule has 2 aliphatic heterocycles. The van der Waals surface area contributed by atoms with Crippen LogP contribution in [0.5, 0.6) is 11.5 Å². The number of nitrogens with zero attached hydrogens (tertiary/aromatic N) is 2. The van der Waals surface area contributed by atoms with Crippen molar-refractivity contribution < 1.29 is 48.8 Å². The Morgan fingerprint density at radius 1 is 0.913 bits per heavy atom. The Morgan fingerprint density at radius 3 is 2.09 bits per heavy atom. The van der Waals surface area contributed by atoms with Gasteiger partial charge in [-0.15, -0.1) is 0 Å². The van der Waals surface area contributed by atoms with Crippen molar-refractivity contribution in [1.82, 2.24) is 19.8 Å². The molecule has 14 nitrogen and oxygen atoms in total. The SMILES string of the molecule is CN(C)CCc1c[nH]c2cccc(OC3OC(CO)C(O)C(O)C3O)c12.O=P(O)(O)Oc1cccc2[nH]cc(CCN3CCC3)c12. The average molecular weight is 663 g/mol. The van der Waals surface area contributed by atoms with E-state index in [1.807, 2.05) is 44.7 Å². The highest BCUT2D eigenvalue weighted by Gasteiger charge is 2.44. The first-order chi connectivity index (χ1) is 21.9. The minimum Gasteiger partial charge on any atom is -0.461 e. The molecule has 4 heterocycles. The van der Waals surface area contributed by atoms with Crippen molar-refractivity contribution >= 4 is 29.6 Å². The molecule has 2 aromatic carbocycles. The fraction of sp³-hybridized carbons (Fsp3) is 0.484. The Kier molecular flexibility index (Phi) is 11.1. The van der Waals surface area contributed by atoms with Crippen LogP contribution < -0.4 is 9.26 Å². The molecule has 4 aromatic rings. The number of rotatable bonds is 11. The van der Waals surface area contributed by atoms with Crippen LogP contribution in [0.1, 0.15) is 17.5 Å². The molecular formula is C31H43N4O10P. The van der Waals surface area contributed by atoms with Gasteiger partial charge in [0.15, 0.2) is 0 Å². The van der Waals surface area contributed by atoms with Gasteiger partial charge in [0, 0.05) is 47.3 Å². The first kappa shape index (κ1) is 34.3. The van der Waals surface area contributed by atoms with Gasteiger partial charge in [0.2, 0.25) is 6.29 Å². The molecule has 2 aromatic heterocycles. The normalized spacial score (nSPS) is 23.7. The lowest BCUT2D eigenvalue weighted by Crippen LogP contribution is -2.60. The number of likely N-dealkylation sites (tertiary alicyclic amines) is 1. The number of aromatic nitrogens is 2. The summed E-state index contributed by atoms with van der Waals surface area (Å²) in [7, 11) is -0.544. The van der Waals surface area contributed by atoms with Gasteiger partial charge >= 0.3 is 7.82 Å². The third-order valence-corrected chi connectivity index (χ3v) is 8.72. The number of H-pyrrole nitrogens is 2. The number of hydrogen-bond acceptors (Lipinski definition) is 10. The summed E-state index contributed by atoms with van der Waals surface area (Å²) in [5.74, 6) is 0.734. The highest BCUT2D eigenvalue weighted by Crippen LogP contribution is 2.41. The van der Waals surface area contributed by atoms with E-state index in [2.05, 4.69) is 19.8 Å². The van der Waals surface area contributed by atoms with E-state index in [9.17, 15) is 25.0 Å². The molecule has 2 fully saturated rings. The zero-order chi connectivity index (χ0) is 33.0. The summed E-state index contributed by atoms with van der Waals surface area (Å²) in [6, 6.07) is 10.7. The lowest BCUT2D eigenvalue weighted by molar-refractivity contribution is -0.277. The zero-order valence-electron chi connectivity index (χ0n) is 25.8. The Balaban J connectivity index is 0.000000187. The lowest BCUT2D eigenvalue weighted by atomic mass is 9.99. The van der Waals surface area contributed by atoms with Crippen molar-refractivity contribution in [2.45, 2.75) is 50.0 Å². The molecule has 6 rings (SSSR count). The van der Waals surface area contributed by atoms with E-state index in [1.165, 1.54) is 6.42 Å². The first-order valence-corrected chi connectivity index (χ1v) is 16.8. The molecule has 252 valence electrons. The summed E-state index contributed by atoms with van der Waals surface area (Å²) < 4.78 is 27.1. The number of aliphatic hydroxyl groups excluding tert-OH is 4. The van der Waals surface area contributed by atoms with E-state index in [4.69, 9.17) is 23.8 Å². The van der Waals surface area contributed by atoms with Crippen LogP contribution in [0.15, 0.2) is 48.8 Å². The topological polar surface area (TPSA) is 204 Å². The van der Waals surface area contributed by atoms with Crippen molar-refractivity contribution in [3.05, 3.63) is 59.9 Å². The minimum atomic E-state index is -4.54. The van der Waals surface area contributed by atoms with Gasteiger partial charge in [0.25, 0.3) is 0 Å². The maximum Gasteiger partial charge on any atom is 0.524 e. The molecule has 5 atom stereocenters. The third kappa shape index (κ3) is 8.09. The summed E-state index contributed by atoms with van der Waals surface area (Å²) >= 11 is 0. The molecule has 15 heteroatoms. The zero-order valence-corrected chi connectivity index (χ0v) is 26.7. The maximum absolute atomic E-state index is 11.1. The first-order valence-electron chi connectivity index (χ1n) is 15.2. The van der Waals surface area contributed by atoms with Crippen LogP contribution in [0, 0.1) is 0 Å². The predicted octanol–water partition coefficient (Wildman–Crippen LogP) is 1.34. The fourth-order valence-electron chi connectivity index (χ4n) is 5.65. The second-order valence-corrected chi connectivity index (χ2v) is 13.0. The minimum absolute atomic E-state index is 0.232. The fourth-order valence-corrected chi connectivity index (χ4v) is 6.06. The van der Waals surface area contributed by atoms with Gasteiger partial charge in [-0.1, -0.05) is 12.1 Å². The molecule has 0 spiro atoms. The quantitative estimate of drug-likeness (QED) is 0.107. The van der Waals surface area contributed by atoms with Crippen LogP contribution in [-0.2, 0) is 22.1 Å². The van der Waals surface area contributed by atoms with E-state index in [-0.39, 0.29) is 5.75 Å². The van der Waals surface area contributed by atoms with Gasteiger partial charge in [-0.2, -0.15) is 0 Å². The highest BCUT2D eigenvalue weighted by atomic mass is 31.2. The van der Waals surface area contributed by atoms with E-state index >= 15 is 0 Å². The number of aromatic amines is 2. The number of nitrogens with one attached hydrogen (secondary N) is 2. The molecule has 2 aliphatic rings. The van der Waals surface area contributed by atoms with Gasteiger partial charge in [0.05, 0.1) is 6.61 Å². The summed E-state index contributed by atoms with van der Waals surface area (Å²) in [6.45, 7) is 3.59. The number of hydrogen-bond donors (Lipinski definition) is 8. The number of aliphatic hydroxyl groups is 4. The van der Waals surface area contributed by atoms with E-state index < -0.39 is 45.1 Å². The molecule has 5 unspecified atom stereocenters. The second kappa shape index (κ2) is 14.8. The van der Waals surface area contributed by atoms with Crippen molar-refractivity contribution in [2.24, 2.45) is 0 Å². The molecule has 0 radical (unpaired) electrons. The molecule has 0 amide bonds. The maximum atomic E-state index is 11.1. The van der Waals surface area contributed by atoms with Crippen LogP contribution in [0.4, 0.5) is 0 Å². The monoisotopic (exact) mass is 662 g/mol. The number of benzene rings is 2. The summed E-state index contributed by atoms with van der Waals surface area (Å²) in [5, 5.41) is 41.0. The summed E-state index contributed by atoms with van der Waals surface area (Å²) in [6.07, 6.45) is 0.185. The Morgan fingerprint density at radius 2 is 1.52 bits per heavy atom. The number of phosphoric acid groups is 1. The largest absolute Gasteiger partial charge is 0.524 e. The van der Waals surface area contributed by atoms with Gasteiger partial charge in [-0.3, -0.25) is 9.79 Å². The van der Waals surface area contributed by atoms with E-state index in [0.717, 1.165) is 72.0 Å². The molecule has 8 N–H and O–H groups in total. The number of phosphoric ester groups is 1. The van der Waals surface area contributed by atoms with E-state index in [1.54, 1.807) is 18.2 Å². The van der Waals surface area contributed by atoms with Crippen molar-refractivity contribution in [3.63, 3.8) is 0 Å². The van der Waals surface area contributed by atoms with Crippen molar-refractivity contribution in [2.75, 3.05) is 46.9 Å². The van der Waals surface area contributed by atoms with Crippen molar-refractivity contribution in [1.29, 1.82) is 0 Å². The second-order valence-electron chi connectivity index (χ2n) is 11.9. The van der Waals surface area contributed by atoms with Crippen LogP contribution in [-0.4, -0.2) is 128 Å². The van der Waals surface area contributed by atoms with Gasteiger partial charge in [-0.25, -0.2) is 4.57 Å².